The standard InChI is InChI=1S/C23H22BrClN2O5S/c1-5-31-19(28)11-32-21-16(25)8-14(9-17(21)30-4)10-18-22(29)27-23(33-18)26-15-6-12(2)20(24)13(3)7-15/h6-10H,5,11H2,1-4H3,(H,26,27,29)/b18-10-. The van der Waals surface area contributed by atoms with Gasteiger partial charge in [-0.15, -0.1) is 0 Å². The third kappa shape index (κ3) is 6.31. The number of amidine groups is 1. The molecule has 7 nitrogen and oxygen atoms in total. The minimum Gasteiger partial charge on any atom is -0.493 e. The molecule has 0 atom stereocenters. The van der Waals surface area contributed by atoms with Gasteiger partial charge in [-0.2, -0.15) is 0 Å². The Bertz CT molecular complexity index is 1140. The Labute approximate surface area is 209 Å². The van der Waals surface area contributed by atoms with Gasteiger partial charge < -0.3 is 19.5 Å². The molecule has 0 aliphatic carbocycles. The molecule has 0 saturated carbocycles. The quantitative estimate of drug-likeness (QED) is 0.357. The third-order valence-electron chi connectivity index (χ3n) is 4.49. The van der Waals surface area contributed by atoms with E-state index in [-0.39, 0.29) is 29.9 Å². The lowest BCUT2D eigenvalue weighted by molar-refractivity contribution is -0.145. The lowest BCUT2D eigenvalue weighted by Gasteiger charge is -2.13. The van der Waals surface area contributed by atoms with Crippen LogP contribution in [0.25, 0.3) is 6.08 Å². The zero-order valence-electron chi connectivity index (χ0n) is 18.5. The molecule has 3 rings (SSSR count). The first-order valence-electron chi connectivity index (χ1n) is 9.94. The SMILES string of the molecule is CCOC(=O)COc1c(Cl)cc(/C=C2\SC(=Nc3cc(C)c(Br)c(C)c3)NC2=O)cc1OC. The van der Waals surface area contributed by atoms with E-state index in [1.807, 2.05) is 26.0 Å². The first-order chi connectivity index (χ1) is 15.7. The lowest BCUT2D eigenvalue weighted by atomic mass is 10.1. The van der Waals surface area contributed by atoms with E-state index in [0.29, 0.717) is 21.4 Å². The summed E-state index contributed by atoms with van der Waals surface area (Å²) in [4.78, 5) is 29.1. The summed E-state index contributed by atoms with van der Waals surface area (Å²) < 4.78 is 16.7. The molecule has 2 aromatic carbocycles. The summed E-state index contributed by atoms with van der Waals surface area (Å²) in [6, 6.07) is 7.18. The number of carbonyl (C=O) groups excluding carboxylic acids is 2. The second kappa shape index (κ2) is 11.1. The number of hydrogen-bond acceptors (Lipinski definition) is 7. The van der Waals surface area contributed by atoms with Gasteiger partial charge in [-0.25, -0.2) is 9.79 Å². The summed E-state index contributed by atoms with van der Waals surface area (Å²) in [5.74, 6) is -0.219. The number of nitrogens with zero attached hydrogens (tertiary/aromatic N) is 1. The van der Waals surface area contributed by atoms with Crippen molar-refractivity contribution in [2.75, 3.05) is 20.3 Å². The average Bonchev–Trinajstić information content (AvgIpc) is 3.09. The van der Waals surface area contributed by atoms with Gasteiger partial charge in [0.05, 0.1) is 29.3 Å². The van der Waals surface area contributed by atoms with Crippen molar-refractivity contribution >= 4 is 68.1 Å². The van der Waals surface area contributed by atoms with E-state index in [1.165, 1.54) is 18.9 Å². The maximum Gasteiger partial charge on any atom is 0.344 e. The number of methoxy groups -OCH3 is 1. The predicted molar refractivity (Wildman–Crippen MR) is 135 cm³/mol. The Kier molecular flexibility index (Phi) is 8.45. The van der Waals surface area contributed by atoms with Gasteiger partial charge in [-0.3, -0.25) is 4.79 Å². The number of amides is 1. The fourth-order valence-corrected chi connectivity index (χ4v) is 4.38. The van der Waals surface area contributed by atoms with E-state index in [4.69, 9.17) is 25.8 Å². The zero-order valence-corrected chi connectivity index (χ0v) is 21.6. The first-order valence-corrected chi connectivity index (χ1v) is 11.9. The number of thioether (sulfide) groups is 1. The van der Waals surface area contributed by atoms with Crippen LogP contribution in [0.1, 0.15) is 23.6 Å². The molecule has 0 bridgehead atoms. The molecule has 2 aromatic rings. The predicted octanol–water partition coefficient (Wildman–Crippen LogP) is 5.56. The van der Waals surface area contributed by atoms with E-state index in [9.17, 15) is 9.59 Å². The molecule has 174 valence electrons. The van der Waals surface area contributed by atoms with Crippen LogP contribution < -0.4 is 14.8 Å². The van der Waals surface area contributed by atoms with Crippen molar-refractivity contribution in [1.82, 2.24) is 5.32 Å². The molecule has 1 amide bonds. The van der Waals surface area contributed by atoms with Gasteiger partial charge in [-0.05, 0) is 79.6 Å². The summed E-state index contributed by atoms with van der Waals surface area (Å²) in [6.45, 7) is 5.65. The smallest absolute Gasteiger partial charge is 0.344 e. The molecule has 1 aliphatic heterocycles. The fraction of sp³-hybridized carbons (Fsp3) is 0.261. The summed E-state index contributed by atoms with van der Waals surface area (Å²) in [6.07, 6.45) is 1.68. The molecule has 0 spiro atoms. The van der Waals surface area contributed by atoms with Crippen LogP contribution in [-0.2, 0) is 14.3 Å². The van der Waals surface area contributed by atoms with Gasteiger partial charge in [0, 0.05) is 4.47 Å². The maximum atomic E-state index is 12.5. The van der Waals surface area contributed by atoms with Crippen LogP contribution in [0.5, 0.6) is 11.5 Å². The molecule has 1 heterocycles. The molecule has 0 unspecified atom stereocenters. The van der Waals surface area contributed by atoms with Gasteiger partial charge in [0.2, 0.25) is 0 Å². The molecule has 33 heavy (non-hydrogen) atoms. The molecule has 1 aliphatic rings. The van der Waals surface area contributed by atoms with Crippen molar-refractivity contribution in [2.45, 2.75) is 20.8 Å². The minimum absolute atomic E-state index is 0.223. The Morgan fingerprint density at radius 3 is 2.58 bits per heavy atom. The number of rotatable bonds is 7. The summed E-state index contributed by atoms with van der Waals surface area (Å²) in [5.41, 5.74) is 3.51. The third-order valence-corrected chi connectivity index (χ3v) is 6.93. The van der Waals surface area contributed by atoms with Gasteiger partial charge in [0.15, 0.2) is 23.3 Å². The number of carbonyl (C=O) groups is 2. The van der Waals surface area contributed by atoms with Crippen LogP contribution in [0.4, 0.5) is 5.69 Å². The van der Waals surface area contributed by atoms with Crippen molar-refractivity contribution < 1.29 is 23.8 Å². The van der Waals surface area contributed by atoms with Crippen LogP contribution in [-0.4, -0.2) is 37.4 Å². The Hall–Kier alpha value is -2.49. The van der Waals surface area contributed by atoms with E-state index in [2.05, 4.69) is 26.2 Å². The number of esters is 1. The van der Waals surface area contributed by atoms with Gasteiger partial charge in [0.1, 0.15) is 0 Å². The number of halogens is 2. The number of ether oxygens (including phenoxy) is 3. The molecule has 1 saturated heterocycles. The molecule has 1 fully saturated rings. The van der Waals surface area contributed by atoms with Gasteiger partial charge >= 0.3 is 5.97 Å². The molecule has 0 aromatic heterocycles. The molecule has 10 heteroatoms. The fourth-order valence-electron chi connectivity index (χ4n) is 3.03. The first kappa shape index (κ1) is 25.1. The Balaban J connectivity index is 1.82. The maximum absolute atomic E-state index is 12.5. The normalized spacial score (nSPS) is 15.6. The molecular weight excluding hydrogens is 532 g/mol. The minimum atomic E-state index is -0.510. The largest absolute Gasteiger partial charge is 0.493 e. The van der Waals surface area contributed by atoms with Crippen LogP contribution in [0.3, 0.4) is 0 Å². The highest BCUT2D eigenvalue weighted by atomic mass is 79.9. The van der Waals surface area contributed by atoms with E-state index in [1.54, 1.807) is 25.1 Å². The Morgan fingerprint density at radius 1 is 1.24 bits per heavy atom. The number of aliphatic imine (C=N–C) groups is 1. The highest BCUT2D eigenvalue weighted by molar-refractivity contribution is 9.10. The van der Waals surface area contributed by atoms with Crippen LogP contribution in [0.2, 0.25) is 5.02 Å². The highest BCUT2D eigenvalue weighted by Crippen LogP contribution is 2.38. The van der Waals surface area contributed by atoms with Crippen molar-refractivity contribution in [2.24, 2.45) is 4.99 Å². The summed E-state index contributed by atoms with van der Waals surface area (Å²) in [7, 11) is 1.46. The average molecular weight is 554 g/mol. The monoisotopic (exact) mass is 552 g/mol. The number of benzene rings is 2. The highest BCUT2D eigenvalue weighted by Gasteiger charge is 2.24. The number of nitrogens with one attached hydrogen (secondary N) is 1. The van der Waals surface area contributed by atoms with Crippen molar-refractivity contribution in [3.63, 3.8) is 0 Å². The van der Waals surface area contributed by atoms with E-state index in [0.717, 1.165) is 21.3 Å². The Morgan fingerprint density at radius 2 is 1.94 bits per heavy atom. The van der Waals surface area contributed by atoms with Gasteiger partial charge in [0.25, 0.3) is 5.91 Å². The number of aryl methyl sites for hydroxylation is 2. The van der Waals surface area contributed by atoms with Crippen LogP contribution in [0, 0.1) is 13.8 Å². The van der Waals surface area contributed by atoms with E-state index < -0.39 is 5.97 Å². The van der Waals surface area contributed by atoms with Gasteiger partial charge in [-0.1, -0.05) is 27.5 Å². The number of hydrogen-bond donors (Lipinski definition) is 1. The van der Waals surface area contributed by atoms with Crippen molar-refractivity contribution in [3.05, 3.63) is 55.4 Å². The summed E-state index contributed by atoms with van der Waals surface area (Å²) >= 11 is 11.1. The molecular formula is C23H22BrClN2O5S. The second-order valence-corrected chi connectivity index (χ2v) is 9.23. The summed E-state index contributed by atoms with van der Waals surface area (Å²) in [5, 5.41) is 3.50. The van der Waals surface area contributed by atoms with E-state index >= 15 is 0 Å². The van der Waals surface area contributed by atoms with Crippen molar-refractivity contribution in [1.29, 1.82) is 0 Å². The van der Waals surface area contributed by atoms with Crippen molar-refractivity contribution in [3.8, 4) is 11.5 Å². The topological polar surface area (TPSA) is 86.2 Å². The second-order valence-electron chi connectivity index (χ2n) is 7.00. The molecule has 1 N–H and O–H groups in total. The lowest BCUT2D eigenvalue weighted by Crippen LogP contribution is -2.19. The zero-order chi connectivity index (χ0) is 24.1. The van der Waals surface area contributed by atoms with Crippen LogP contribution in [0.15, 0.2) is 38.6 Å². The molecule has 0 radical (unpaired) electrons. The van der Waals surface area contributed by atoms with Crippen LogP contribution >= 0.6 is 39.3 Å².